The van der Waals surface area contributed by atoms with E-state index in [9.17, 15) is 0 Å². The lowest BCUT2D eigenvalue weighted by atomic mass is 10.2. The summed E-state index contributed by atoms with van der Waals surface area (Å²) in [6, 6.07) is 2.01. The van der Waals surface area contributed by atoms with Gasteiger partial charge in [0.25, 0.3) is 0 Å². The molecule has 0 fully saturated rings. The van der Waals surface area contributed by atoms with Crippen molar-refractivity contribution < 1.29 is 0 Å². The number of pyridine rings is 1. The Balaban J connectivity index is 2.04. The van der Waals surface area contributed by atoms with E-state index in [0.29, 0.717) is 0 Å². The van der Waals surface area contributed by atoms with Crippen LogP contribution < -0.4 is 5.32 Å². The molecule has 0 unspecified atom stereocenters. The van der Waals surface area contributed by atoms with Gasteiger partial charge in [-0.25, -0.2) is 9.97 Å². The normalized spacial score (nSPS) is 13.3. The van der Waals surface area contributed by atoms with Gasteiger partial charge in [-0.15, -0.1) is 0 Å². The molecule has 1 N–H and O–H groups in total. The van der Waals surface area contributed by atoms with Gasteiger partial charge in [-0.3, -0.25) is 4.98 Å². The maximum absolute atomic E-state index is 4.72. The Morgan fingerprint density at radius 3 is 2.95 bits per heavy atom. The lowest BCUT2D eigenvalue weighted by Gasteiger charge is -2.11. The van der Waals surface area contributed by atoms with Crippen molar-refractivity contribution in [2.45, 2.75) is 32.6 Å². The van der Waals surface area contributed by atoms with E-state index >= 15 is 0 Å². The minimum atomic E-state index is 0.762. The molecule has 0 saturated carbocycles. The number of hydrogen-bond acceptors (Lipinski definition) is 4. The number of anilines is 1. The predicted octanol–water partition coefficient (Wildman–Crippen LogP) is 3.61. The van der Waals surface area contributed by atoms with Crippen LogP contribution in [0.3, 0.4) is 0 Å². The smallest absolute Gasteiger partial charge is 0.163 e. The summed E-state index contributed by atoms with van der Waals surface area (Å²) in [4.78, 5) is 13.6. The molecule has 104 valence electrons. The van der Waals surface area contributed by atoms with Crippen molar-refractivity contribution in [3.63, 3.8) is 0 Å². The summed E-state index contributed by atoms with van der Waals surface area (Å²) in [6.07, 6.45) is 7.97. The van der Waals surface area contributed by atoms with E-state index in [1.165, 1.54) is 17.7 Å². The summed E-state index contributed by atoms with van der Waals surface area (Å²) in [5, 5.41) is 3.44. The van der Waals surface area contributed by atoms with Gasteiger partial charge in [-0.05, 0) is 47.7 Å². The SMILES string of the molecule is CCCNc1nc(-c2cncc(Br)c2)nc2c1CCC2. The van der Waals surface area contributed by atoms with Crippen molar-refractivity contribution in [3.8, 4) is 11.4 Å². The summed E-state index contributed by atoms with van der Waals surface area (Å²) in [6.45, 7) is 3.10. The highest BCUT2D eigenvalue weighted by Gasteiger charge is 2.19. The van der Waals surface area contributed by atoms with Crippen molar-refractivity contribution in [1.29, 1.82) is 0 Å². The van der Waals surface area contributed by atoms with Crippen LogP contribution in [-0.4, -0.2) is 21.5 Å². The molecule has 4 nitrogen and oxygen atoms in total. The van der Waals surface area contributed by atoms with Crippen LogP contribution in [0, 0.1) is 0 Å². The van der Waals surface area contributed by atoms with E-state index in [-0.39, 0.29) is 0 Å². The van der Waals surface area contributed by atoms with Crippen LogP contribution in [0.4, 0.5) is 5.82 Å². The fraction of sp³-hybridized carbons (Fsp3) is 0.400. The second-order valence-electron chi connectivity index (χ2n) is 4.99. The van der Waals surface area contributed by atoms with Crippen molar-refractivity contribution in [2.24, 2.45) is 0 Å². The van der Waals surface area contributed by atoms with Crippen molar-refractivity contribution >= 4 is 21.7 Å². The molecule has 2 heterocycles. The first-order valence-electron chi connectivity index (χ1n) is 7.02. The van der Waals surface area contributed by atoms with Crippen LogP contribution in [-0.2, 0) is 12.8 Å². The summed E-state index contributed by atoms with van der Waals surface area (Å²) >= 11 is 3.45. The first-order chi connectivity index (χ1) is 9.78. The highest BCUT2D eigenvalue weighted by Crippen LogP contribution is 2.29. The number of nitrogens with zero attached hydrogens (tertiary/aromatic N) is 3. The monoisotopic (exact) mass is 332 g/mol. The Labute approximate surface area is 127 Å². The molecule has 5 heteroatoms. The van der Waals surface area contributed by atoms with E-state index in [1.807, 2.05) is 12.3 Å². The second kappa shape index (κ2) is 5.87. The van der Waals surface area contributed by atoms with Crippen LogP contribution >= 0.6 is 15.9 Å². The van der Waals surface area contributed by atoms with Crippen LogP contribution in [0.15, 0.2) is 22.9 Å². The maximum atomic E-state index is 4.72. The van der Waals surface area contributed by atoms with Gasteiger partial charge in [0.2, 0.25) is 0 Å². The predicted molar refractivity (Wildman–Crippen MR) is 83.8 cm³/mol. The third kappa shape index (κ3) is 2.68. The summed E-state index contributed by atoms with van der Waals surface area (Å²) in [5.41, 5.74) is 3.44. The van der Waals surface area contributed by atoms with Crippen molar-refractivity contribution in [1.82, 2.24) is 15.0 Å². The van der Waals surface area contributed by atoms with E-state index in [4.69, 9.17) is 9.97 Å². The molecule has 2 aromatic rings. The molecule has 1 aliphatic carbocycles. The third-order valence-electron chi connectivity index (χ3n) is 3.44. The number of hydrogen-bond donors (Lipinski definition) is 1. The number of fused-ring (bicyclic) bond motifs is 1. The van der Waals surface area contributed by atoms with Gasteiger partial charge in [0.1, 0.15) is 5.82 Å². The molecule has 0 atom stereocenters. The Kier molecular flexibility index (Phi) is 3.96. The molecule has 0 spiro atoms. The van der Waals surface area contributed by atoms with E-state index in [2.05, 4.69) is 33.2 Å². The molecule has 1 aliphatic rings. The molecule has 0 amide bonds. The Bertz CT molecular complexity index is 627. The minimum absolute atomic E-state index is 0.762. The van der Waals surface area contributed by atoms with Gasteiger partial charge in [-0.1, -0.05) is 6.92 Å². The second-order valence-corrected chi connectivity index (χ2v) is 5.91. The highest BCUT2D eigenvalue weighted by molar-refractivity contribution is 9.10. The van der Waals surface area contributed by atoms with E-state index < -0.39 is 0 Å². The molecule has 0 radical (unpaired) electrons. The average molecular weight is 333 g/mol. The minimum Gasteiger partial charge on any atom is -0.370 e. The summed E-state index contributed by atoms with van der Waals surface area (Å²) in [5.74, 6) is 1.77. The number of aryl methyl sites for hydroxylation is 1. The quantitative estimate of drug-likeness (QED) is 0.929. The van der Waals surface area contributed by atoms with Crippen LogP contribution in [0.5, 0.6) is 0 Å². The van der Waals surface area contributed by atoms with E-state index in [1.54, 1.807) is 6.20 Å². The van der Waals surface area contributed by atoms with Gasteiger partial charge < -0.3 is 5.32 Å². The molecule has 2 aromatic heterocycles. The zero-order valence-electron chi connectivity index (χ0n) is 11.5. The summed E-state index contributed by atoms with van der Waals surface area (Å²) < 4.78 is 0.946. The standard InChI is InChI=1S/C15H17BrN4/c1-2-6-18-15-12-4-3-5-13(12)19-14(20-15)10-7-11(16)9-17-8-10/h7-9H,2-6H2,1H3,(H,18,19,20). The fourth-order valence-corrected chi connectivity index (χ4v) is 2.85. The molecular formula is C15H17BrN4. The van der Waals surface area contributed by atoms with Crippen molar-refractivity contribution in [3.05, 3.63) is 34.2 Å². The lowest BCUT2D eigenvalue weighted by Crippen LogP contribution is -2.08. The Morgan fingerprint density at radius 1 is 1.25 bits per heavy atom. The van der Waals surface area contributed by atoms with Crippen LogP contribution in [0.1, 0.15) is 31.0 Å². The Hall–Kier alpha value is -1.49. The molecule has 0 aliphatic heterocycles. The van der Waals surface area contributed by atoms with Gasteiger partial charge in [-0.2, -0.15) is 0 Å². The highest BCUT2D eigenvalue weighted by atomic mass is 79.9. The lowest BCUT2D eigenvalue weighted by molar-refractivity contribution is 0.899. The molecule has 0 bridgehead atoms. The number of nitrogens with one attached hydrogen (secondary N) is 1. The number of rotatable bonds is 4. The molecule has 0 saturated heterocycles. The molecule has 0 aromatic carbocycles. The van der Waals surface area contributed by atoms with E-state index in [0.717, 1.165) is 47.5 Å². The topological polar surface area (TPSA) is 50.7 Å². The third-order valence-corrected chi connectivity index (χ3v) is 3.87. The number of halogens is 1. The maximum Gasteiger partial charge on any atom is 0.163 e. The van der Waals surface area contributed by atoms with Gasteiger partial charge in [0.05, 0.1) is 0 Å². The Morgan fingerprint density at radius 2 is 2.15 bits per heavy atom. The van der Waals surface area contributed by atoms with Crippen molar-refractivity contribution in [2.75, 3.05) is 11.9 Å². The summed E-state index contributed by atoms with van der Waals surface area (Å²) in [7, 11) is 0. The fourth-order valence-electron chi connectivity index (χ4n) is 2.49. The zero-order valence-corrected chi connectivity index (χ0v) is 13.1. The molecule has 3 rings (SSSR count). The average Bonchev–Trinajstić information content (AvgIpc) is 2.93. The van der Waals surface area contributed by atoms with Gasteiger partial charge in [0.15, 0.2) is 5.82 Å². The first-order valence-corrected chi connectivity index (χ1v) is 7.82. The molecular weight excluding hydrogens is 316 g/mol. The van der Waals surface area contributed by atoms with Crippen LogP contribution in [0.2, 0.25) is 0 Å². The zero-order chi connectivity index (χ0) is 13.9. The number of aromatic nitrogens is 3. The largest absolute Gasteiger partial charge is 0.370 e. The van der Waals surface area contributed by atoms with Crippen LogP contribution in [0.25, 0.3) is 11.4 Å². The van der Waals surface area contributed by atoms with Gasteiger partial charge in [0, 0.05) is 40.2 Å². The van der Waals surface area contributed by atoms with Gasteiger partial charge >= 0.3 is 0 Å². The first kappa shape index (κ1) is 13.5. The molecule has 20 heavy (non-hydrogen) atoms.